The monoisotopic (exact) mass is 341 g/mol. The topological polar surface area (TPSA) is 52.7 Å². The summed E-state index contributed by atoms with van der Waals surface area (Å²) < 4.78 is 0. The summed E-state index contributed by atoms with van der Waals surface area (Å²) >= 11 is 0. The Kier molecular flexibility index (Phi) is 4.18. The van der Waals surface area contributed by atoms with Gasteiger partial charge in [0.05, 0.1) is 0 Å². The van der Waals surface area contributed by atoms with E-state index in [1.54, 1.807) is 0 Å². The second-order valence-electron chi connectivity index (χ2n) is 7.77. The molecule has 2 atom stereocenters. The first-order valence-electron chi connectivity index (χ1n) is 9.45. The van der Waals surface area contributed by atoms with Gasteiger partial charge in [0, 0.05) is 38.1 Å². The van der Waals surface area contributed by atoms with Gasteiger partial charge in [-0.15, -0.1) is 0 Å². The van der Waals surface area contributed by atoms with Crippen LogP contribution in [0.25, 0.3) is 0 Å². The number of nitrogens with one attached hydrogen (secondary N) is 1. The number of likely N-dealkylation sites (tertiary alicyclic amines) is 1. The molecular weight excluding hydrogens is 314 g/mol. The molecule has 2 aliphatic heterocycles. The van der Waals surface area contributed by atoms with Crippen LogP contribution < -0.4 is 5.32 Å². The number of urea groups is 1. The Bertz CT molecular complexity index is 694. The number of benzene rings is 1. The average molecular weight is 341 g/mol. The van der Waals surface area contributed by atoms with Crippen molar-refractivity contribution in [1.29, 1.82) is 0 Å². The number of amides is 3. The van der Waals surface area contributed by atoms with E-state index in [0.717, 1.165) is 45.4 Å². The minimum absolute atomic E-state index is 0.0572. The van der Waals surface area contributed by atoms with Crippen LogP contribution >= 0.6 is 0 Å². The summed E-state index contributed by atoms with van der Waals surface area (Å²) in [7, 11) is 0. The maximum absolute atomic E-state index is 12.8. The molecule has 3 amide bonds. The van der Waals surface area contributed by atoms with Gasteiger partial charge < -0.3 is 15.1 Å². The molecule has 0 aromatic heterocycles. The van der Waals surface area contributed by atoms with Gasteiger partial charge in [-0.3, -0.25) is 4.79 Å². The molecule has 0 bridgehead atoms. The largest absolute Gasteiger partial charge is 0.342 e. The van der Waals surface area contributed by atoms with Crippen LogP contribution in [0.1, 0.15) is 41.9 Å². The maximum atomic E-state index is 12.8. The highest BCUT2D eigenvalue weighted by Crippen LogP contribution is 2.49. The third kappa shape index (κ3) is 3.12. The van der Waals surface area contributed by atoms with Crippen LogP contribution in [-0.4, -0.2) is 54.0 Å². The molecule has 5 nitrogen and oxygen atoms in total. The molecule has 1 aliphatic carbocycles. The molecule has 0 spiro atoms. The van der Waals surface area contributed by atoms with Crippen molar-refractivity contribution in [2.24, 2.45) is 5.92 Å². The molecular formula is C20H27N3O2. The third-order valence-electron chi connectivity index (χ3n) is 6.17. The van der Waals surface area contributed by atoms with Gasteiger partial charge in [-0.05, 0) is 55.7 Å². The van der Waals surface area contributed by atoms with Crippen LogP contribution in [0.5, 0.6) is 0 Å². The van der Waals surface area contributed by atoms with E-state index in [4.69, 9.17) is 0 Å². The third-order valence-corrected chi connectivity index (χ3v) is 6.17. The number of hydrogen-bond acceptors (Lipinski definition) is 2. The molecule has 3 fully saturated rings. The van der Waals surface area contributed by atoms with Crippen molar-refractivity contribution in [3.63, 3.8) is 0 Å². The minimum atomic E-state index is 0.0572. The number of rotatable bonds is 3. The molecule has 25 heavy (non-hydrogen) atoms. The van der Waals surface area contributed by atoms with E-state index >= 15 is 0 Å². The van der Waals surface area contributed by atoms with E-state index in [1.807, 2.05) is 9.80 Å². The molecule has 4 rings (SSSR count). The number of carbonyl (C=O) groups is 2. The van der Waals surface area contributed by atoms with Crippen molar-refractivity contribution >= 4 is 11.9 Å². The number of piperidine rings is 1. The van der Waals surface area contributed by atoms with Crippen molar-refractivity contribution in [2.75, 3.05) is 26.2 Å². The number of hydrogen-bond donors (Lipinski definition) is 1. The lowest BCUT2D eigenvalue weighted by molar-refractivity contribution is -0.134. The Morgan fingerprint density at radius 3 is 2.52 bits per heavy atom. The van der Waals surface area contributed by atoms with Gasteiger partial charge in [-0.1, -0.05) is 18.2 Å². The second kappa shape index (κ2) is 6.36. The summed E-state index contributed by atoms with van der Waals surface area (Å²) in [5.74, 6) is 0.871. The zero-order valence-corrected chi connectivity index (χ0v) is 15.1. The predicted octanol–water partition coefficient (Wildman–Crippen LogP) is 2.42. The van der Waals surface area contributed by atoms with Gasteiger partial charge in [0.15, 0.2) is 0 Å². The van der Waals surface area contributed by atoms with Gasteiger partial charge in [-0.2, -0.15) is 0 Å². The summed E-state index contributed by atoms with van der Waals surface area (Å²) in [6, 6.07) is 6.93. The lowest BCUT2D eigenvalue weighted by Crippen LogP contribution is -2.48. The SMILES string of the molecule is Cc1ccc([C@@H]2C[C@@H]2C(=O)N2CCC(N3CCNC3=O)CC2)cc1C. The van der Waals surface area contributed by atoms with Gasteiger partial charge in [-0.25, -0.2) is 4.79 Å². The van der Waals surface area contributed by atoms with Crippen molar-refractivity contribution < 1.29 is 9.59 Å². The highest BCUT2D eigenvalue weighted by molar-refractivity contribution is 5.83. The molecule has 1 saturated carbocycles. The molecule has 2 heterocycles. The summed E-state index contributed by atoms with van der Waals surface area (Å²) in [5.41, 5.74) is 3.92. The summed E-state index contributed by atoms with van der Waals surface area (Å²) in [6.07, 6.45) is 2.79. The molecule has 3 aliphatic rings. The van der Waals surface area contributed by atoms with E-state index in [2.05, 4.69) is 37.4 Å². The van der Waals surface area contributed by atoms with Crippen LogP contribution in [0.15, 0.2) is 18.2 Å². The summed E-state index contributed by atoms with van der Waals surface area (Å²) in [4.78, 5) is 28.6. The predicted molar refractivity (Wildman–Crippen MR) is 96.5 cm³/mol. The Morgan fingerprint density at radius 1 is 1.12 bits per heavy atom. The van der Waals surface area contributed by atoms with Gasteiger partial charge in [0.1, 0.15) is 0 Å². The van der Waals surface area contributed by atoms with Crippen LogP contribution in [-0.2, 0) is 4.79 Å². The zero-order chi connectivity index (χ0) is 17.6. The van der Waals surface area contributed by atoms with E-state index in [-0.39, 0.29) is 11.9 Å². The first-order valence-corrected chi connectivity index (χ1v) is 9.45. The number of aryl methyl sites for hydroxylation is 2. The molecule has 2 saturated heterocycles. The van der Waals surface area contributed by atoms with E-state index in [0.29, 0.717) is 17.9 Å². The van der Waals surface area contributed by atoms with Crippen molar-refractivity contribution in [2.45, 2.75) is 45.1 Å². The van der Waals surface area contributed by atoms with Crippen molar-refractivity contribution in [3.8, 4) is 0 Å². The maximum Gasteiger partial charge on any atom is 0.317 e. The fourth-order valence-electron chi connectivity index (χ4n) is 4.30. The zero-order valence-electron chi connectivity index (χ0n) is 15.1. The second-order valence-corrected chi connectivity index (χ2v) is 7.77. The first-order chi connectivity index (χ1) is 12.0. The normalized spacial score (nSPS) is 26.7. The van der Waals surface area contributed by atoms with Crippen LogP contribution in [0.2, 0.25) is 0 Å². The van der Waals surface area contributed by atoms with E-state index in [1.165, 1.54) is 16.7 Å². The van der Waals surface area contributed by atoms with E-state index in [9.17, 15) is 9.59 Å². The van der Waals surface area contributed by atoms with Gasteiger partial charge in [0.2, 0.25) is 5.91 Å². The molecule has 1 aromatic carbocycles. The first kappa shape index (κ1) is 16.4. The Morgan fingerprint density at radius 2 is 1.88 bits per heavy atom. The average Bonchev–Trinajstić information content (AvgIpc) is 3.31. The quantitative estimate of drug-likeness (QED) is 0.918. The van der Waals surface area contributed by atoms with Crippen LogP contribution in [0.4, 0.5) is 4.79 Å². The lowest BCUT2D eigenvalue weighted by atomic mass is 10.0. The standard InChI is InChI=1S/C20H27N3O2/c1-13-3-4-15(11-14(13)2)17-12-18(17)19(24)22-8-5-16(6-9-22)23-10-7-21-20(23)25/h3-4,11,16-18H,5-10,12H2,1-2H3,(H,21,25)/t17-,18-/m0/s1. The Balaban J connectivity index is 1.32. The van der Waals surface area contributed by atoms with Gasteiger partial charge >= 0.3 is 6.03 Å². The van der Waals surface area contributed by atoms with Crippen molar-refractivity contribution in [3.05, 3.63) is 34.9 Å². The molecule has 5 heteroatoms. The van der Waals surface area contributed by atoms with Gasteiger partial charge in [0.25, 0.3) is 0 Å². The Labute approximate surface area is 149 Å². The molecule has 1 N–H and O–H groups in total. The van der Waals surface area contributed by atoms with Crippen LogP contribution in [0, 0.1) is 19.8 Å². The fraction of sp³-hybridized carbons (Fsp3) is 0.600. The Hall–Kier alpha value is -2.04. The smallest absolute Gasteiger partial charge is 0.317 e. The van der Waals surface area contributed by atoms with Crippen LogP contribution in [0.3, 0.4) is 0 Å². The highest BCUT2D eigenvalue weighted by Gasteiger charge is 2.46. The minimum Gasteiger partial charge on any atom is -0.342 e. The van der Waals surface area contributed by atoms with E-state index < -0.39 is 0 Å². The lowest BCUT2D eigenvalue weighted by Gasteiger charge is -2.36. The highest BCUT2D eigenvalue weighted by atomic mass is 16.2. The summed E-state index contributed by atoms with van der Waals surface area (Å²) in [6.45, 7) is 7.37. The molecule has 0 radical (unpaired) electrons. The molecule has 134 valence electrons. The number of nitrogens with zero attached hydrogens (tertiary/aromatic N) is 2. The summed E-state index contributed by atoms with van der Waals surface area (Å²) in [5, 5.41) is 2.87. The molecule has 1 aromatic rings. The molecule has 0 unspecified atom stereocenters. The number of carbonyl (C=O) groups excluding carboxylic acids is 2. The van der Waals surface area contributed by atoms with Crippen molar-refractivity contribution in [1.82, 2.24) is 15.1 Å². The fourth-order valence-corrected chi connectivity index (χ4v) is 4.30.